The van der Waals surface area contributed by atoms with Crippen LogP contribution in [0.4, 0.5) is 0 Å². The van der Waals surface area contributed by atoms with Crippen LogP contribution < -0.4 is 4.72 Å². The molecule has 0 amide bonds. The Hall–Kier alpha value is -0.700. The minimum absolute atomic E-state index is 0.0354. The maximum Gasteiger partial charge on any atom is 0.307 e. The third-order valence-electron chi connectivity index (χ3n) is 3.08. The van der Waals surface area contributed by atoms with Gasteiger partial charge in [-0.15, -0.1) is 0 Å². The van der Waals surface area contributed by atoms with Gasteiger partial charge >= 0.3 is 5.97 Å². The van der Waals surface area contributed by atoms with Crippen molar-refractivity contribution in [3.8, 4) is 0 Å². The van der Waals surface area contributed by atoms with Gasteiger partial charge in [-0.05, 0) is 26.7 Å². The lowest BCUT2D eigenvalue weighted by Gasteiger charge is -2.30. The molecule has 0 saturated carbocycles. The highest BCUT2D eigenvalue weighted by Crippen LogP contribution is 2.18. The zero-order chi connectivity index (χ0) is 14.5. The van der Waals surface area contributed by atoms with Gasteiger partial charge in [0.2, 0.25) is 0 Å². The smallest absolute Gasteiger partial charge is 0.307 e. The summed E-state index contributed by atoms with van der Waals surface area (Å²) in [5.74, 6) is -1.56. The van der Waals surface area contributed by atoms with Crippen LogP contribution in [-0.4, -0.2) is 56.1 Å². The molecular formula is C11H22N2O5S. The average Bonchev–Trinajstić information content (AvgIpc) is 2.37. The Morgan fingerprint density at radius 1 is 1.58 bits per heavy atom. The molecule has 7 nitrogen and oxygen atoms in total. The molecule has 0 aromatic carbocycles. The molecule has 2 atom stereocenters. The van der Waals surface area contributed by atoms with Crippen LogP contribution in [0.1, 0.15) is 26.7 Å². The van der Waals surface area contributed by atoms with Crippen molar-refractivity contribution in [2.75, 3.05) is 26.2 Å². The molecule has 0 spiro atoms. The predicted molar refractivity (Wildman–Crippen MR) is 69.9 cm³/mol. The number of carbonyl (C=O) groups is 1. The molecule has 112 valence electrons. The van der Waals surface area contributed by atoms with E-state index in [1.807, 2.05) is 6.92 Å². The molecule has 2 N–H and O–H groups in total. The van der Waals surface area contributed by atoms with Gasteiger partial charge < -0.3 is 9.84 Å². The highest BCUT2D eigenvalue weighted by Gasteiger charge is 2.32. The lowest BCUT2D eigenvalue weighted by molar-refractivity contribution is -0.142. The number of carboxylic acids is 1. The molecule has 2 unspecified atom stereocenters. The van der Waals surface area contributed by atoms with Crippen LogP contribution in [0.2, 0.25) is 0 Å². The average molecular weight is 294 g/mol. The largest absolute Gasteiger partial charge is 0.481 e. The molecule has 19 heavy (non-hydrogen) atoms. The number of nitrogens with zero attached hydrogens (tertiary/aromatic N) is 1. The highest BCUT2D eigenvalue weighted by molar-refractivity contribution is 7.87. The van der Waals surface area contributed by atoms with Crippen molar-refractivity contribution in [2.24, 2.45) is 5.92 Å². The number of nitrogens with one attached hydrogen (secondary N) is 1. The van der Waals surface area contributed by atoms with Crippen molar-refractivity contribution in [1.82, 2.24) is 9.03 Å². The molecule has 1 aliphatic rings. The third-order valence-corrected chi connectivity index (χ3v) is 4.62. The fraction of sp³-hybridized carbons (Fsp3) is 0.909. The number of hydrogen-bond donors (Lipinski definition) is 2. The molecule has 1 heterocycles. The summed E-state index contributed by atoms with van der Waals surface area (Å²) in [6, 6.07) is 0. The van der Waals surface area contributed by atoms with E-state index in [0.29, 0.717) is 26.0 Å². The number of rotatable bonds is 7. The zero-order valence-corrected chi connectivity index (χ0v) is 12.1. The highest BCUT2D eigenvalue weighted by atomic mass is 32.2. The first-order chi connectivity index (χ1) is 8.86. The number of piperidine rings is 1. The molecule has 8 heteroatoms. The van der Waals surface area contributed by atoms with Crippen molar-refractivity contribution in [3.63, 3.8) is 0 Å². The molecule has 0 aliphatic carbocycles. The van der Waals surface area contributed by atoms with Crippen LogP contribution in [0.5, 0.6) is 0 Å². The van der Waals surface area contributed by atoms with Gasteiger partial charge in [0.25, 0.3) is 10.2 Å². The first-order valence-corrected chi connectivity index (χ1v) is 7.90. The van der Waals surface area contributed by atoms with Gasteiger partial charge in [0.1, 0.15) is 0 Å². The quantitative estimate of drug-likeness (QED) is 0.691. The van der Waals surface area contributed by atoms with Crippen LogP contribution >= 0.6 is 0 Å². The first kappa shape index (κ1) is 16.4. The summed E-state index contributed by atoms with van der Waals surface area (Å²) in [4.78, 5) is 10.9. The summed E-state index contributed by atoms with van der Waals surface area (Å²) in [7, 11) is -3.62. The number of aliphatic carboxylic acids is 1. The van der Waals surface area contributed by atoms with Crippen LogP contribution in [-0.2, 0) is 19.7 Å². The topological polar surface area (TPSA) is 95.9 Å². The van der Waals surface area contributed by atoms with Gasteiger partial charge in [-0.3, -0.25) is 4.79 Å². The maximum absolute atomic E-state index is 12.0. The standard InChI is InChI=1S/C11H22N2O5S/c1-3-18-9(2)7-12-19(16,17)13-6-4-5-10(8-13)11(14)15/h9-10,12H,3-8H2,1-2H3,(H,14,15). The fourth-order valence-electron chi connectivity index (χ4n) is 2.02. The zero-order valence-electron chi connectivity index (χ0n) is 11.3. The van der Waals surface area contributed by atoms with E-state index in [4.69, 9.17) is 9.84 Å². The summed E-state index contributed by atoms with van der Waals surface area (Å²) >= 11 is 0. The van der Waals surface area contributed by atoms with Gasteiger partial charge in [0.05, 0.1) is 12.0 Å². The van der Waals surface area contributed by atoms with Crippen molar-refractivity contribution in [3.05, 3.63) is 0 Å². The van der Waals surface area contributed by atoms with Gasteiger partial charge in [-0.2, -0.15) is 17.4 Å². The van der Waals surface area contributed by atoms with Crippen molar-refractivity contribution < 1.29 is 23.1 Å². The first-order valence-electron chi connectivity index (χ1n) is 6.46. The van der Waals surface area contributed by atoms with Crippen molar-refractivity contribution in [1.29, 1.82) is 0 Å². The summed E-state index contributed by atoms with van der Waals surface area (Å²) in [6.07, 6.45) is 0.884. The molecule has 0 aromatic rings. The van der Waals surface area contributed by atoms with E-state index < -0.39 is 22.1 Å². The molecule has 0 aromatic heterocycles. The third kappa shape index (κ3) is 5.06. The molecule has 0 radical (unpaired) electrons. The van der Waals surface area contributed by atoms with E-state index in [2.05, 4.69) is 4.72 Å². The van der Waals surface area contributed by atoms with E-state index in [1.165, 1.54) is 4.31 Å². The van der Waals surface area contributed by atoms with E-state index in [-0.39, 0.29) is 19.2 Å². The Balaban J connectivity index is 2.54. The van der Waals surface area contributed by atoms with Crippen molar-refractivity contribution >= 4 is 16.2 Å². The number of carboxylic acid groups (broad SMARTS) is 1. The normalized spacial score (nSPS) is 23.2. The molecule has 1 aliphatic heterocycles. The Morgan fingerprint density at radius 2 is 2.26 bits per heavy atom. The molecule has 1 fully saturated rings. The molecule has 0 bridgehead atoms. The number of ether oxygens (including phenoxy) is 1. The minimum atomic E-state index is -3.62. The second kappa shape index (κ2) is 7.18. The van der Waals surface area contributed by atoms with Gasteiger partial charge in [0.15, 0.2) is 0 Å². The second-order valence-electron chi connectivity index (χ2n) is 4.65. The Labute approximate surface area is 114 Å². The Bertz CT molecular complexity index is 398. The van der Waals surface area contributed by atoms with Gasteiger partial charge in [0, 0.05) is 26.2 Å². The Morgan fingerprint density at radius 3 is 2.84 bits per heavy atom. The summed E-state index contributed by atoms with van der Waals surface area (Å²) in [6.45, 7) is 4.73. The fourth-order valence-corrected chi connectivity index (χ4v) is 3.39. The minimum Gasteiger partial charge on any atom is -0.481 e. The van der Waals surface area contributed by atoms with E-state index in [1.54, 1.807) is 6.92 Å². The Kier molecular flexibility index (Phi) is 6.18. The second-order valence-corrected chi connectivity index (χ2v) is 6.41. The van der Waals surface area contributed by atoms with E-state index in [0.717, 1.165) is 0 Å². The molecular weight excluding hydrogens is 272 g/mol. The predicted octanol–water partition coefficient (Wildman–Crippen LogP) is 0.0424. The SMILES string of the molecule is CCOC(C)CNS(=O)(=O)N1CCCC(C(=O)O)C1. The van der Waals surface area contributed by atoms with Gasteiger partial charge in [-0.25, -0.2) is 0 Å². The molecule has 1 rings (SSSR count). The summed E-state index contributed by atoms with van der Waals surface area (Å²) in [5.41, 5.74) is 0. The van der Waals surface area contributed by atoms with Gasteiger partial charge in [-0.1, -0.05) is 0 Å². The molecule has 1 saturated heterocycles. The summed E-state index contributed by atoms with van der Waals surface area (Å²) < 4.78 is 33.0. The number of hydrogen-bond acceptors (Lipinski definition) is 4. The van der Waals surface area contributed by atoms with Crippen LogP contribution in [0.3, 0.4) is 0 Å². The van der Waals surface area contributed by atoms with E-state index >= 15 is 0 Å². The van der Waals surface area contributed by atoms with Crippen LogP contribution in [0, 0.1) is 5.92 Å². The van der Waals surface area contributed by atoms with E-state index in [9.17, 15) is 13.2 Å². The lowest BCUT2D eigenvalue weighted by Crippen LogP contribution is -2.48. The lowest BCUT2D eigenvalue weighted by atomic mass is 10.0. The van der Waals surface area contributed by atoms with Crippen molar-refractivity contribution in [2.45, 2.75) is 32.8 Å². The monoisotopic (exact) mass is 294 g/mol. The van der Waals surface area contributed by atoms with Crippen LogP contribution in [0.25, 0.3) is 0 Å². The van der Waals surface area contributed by atoms with Crippen LogP contribution in [0.15, 0.2) is 0 Å². The summed E-state index contributed by atoms with van der Waals surface area (Å²) in [5, 5.41) is 8.95. The maximum atomic E-state index is 12.0.